The topological polar surface area (TPSA) is 83.8 Å². The van der Waals surface area contributed by atoms with Crippen molar-refractivity contribution in [2.75, 3.05) is 5.32 Å². The van der Waals surface area contributed by atoms with Crippen molar-refractivity contribution in [1.82, 2.24) is 19.9 Å². The number of nitrogens with zero attached hydrogens (tertiary/aromatic N) is 4. The van der Waals surface area contributed by atoms with E-state index in [-0.39, 0.29) is 6.04 Å². The Balaban J connectivity index is 1.70. The van der Waals surface area contributed by atoms with E-state index in [1.54, 1.807) is 25.5 Å². The molecule has 0 aliphatic rings. The summed E-state index contributed by atoms with van der Waals surface area (Å²) >= 11 is 0. The van der Waals surface area contributed by atoms with Crippen LogP contribution in [0.1, 0.15) is 37.3 Å². The number of benzene rings is 2. The predicted molar refractivity (Wildman–Crippen MR) is 135 cm³/mol. The Morgan fingerprint density at radius 2 is 1.65 bits per heavy atom. The van der Waals surface area contributed by atoms with Gasteiger partial charge in [-0.1, -0.05) is 48.5 Å². The molecule has 0 aliphatic heterocycles. The summed E-state index contributed by atoms with van der Waals surface area (Å²) in [4.78, 5) is 18.6. The van der Waals surface area contributed by atoms with Gasteiger partial charge in [0.1, 0.15) is 5.82 Å². The van der Waals surface area contributed by atoms with Gasteiger partial charge in [0.25, 0.3) is 0 Å². The lowest BCUT2D eigenvalue weighted by Crippen LogP contribution is -2.11. The fourth-order valence-electron chi connectivity index (χ4n) is 3.99. The number of aliphatic hydroxyl groups is 1. The smallest absolute Gasteiger partial charge is 0.163 e. The summed E-state index contributed by atoms with van der Waals surface area (Å²) in [6, 6.07) is 24.0. The molecule has 168 valence electrons. The van der Waals surface area contributed by atoms with E-state index in [2.05, 4.69) is 40.4 Å². The van der Waals surface area contributed by atoms with Crippen molar-refractivity contribution >= 4 is 16.7 Å². The molecule has 0 bridgehead atoms. The molecule has 0 aliphatic carbocycles. The quantitative estimate of drug-likeness (QED) is 0.333. The summed E-state index contributed by atoms with van der Waals surface area (Å²) < 4.78 is 0. The Hall–Kier alpha value is -4.16. The van der Waals surface area contributed by atoms with Crippen LogP contribution in [0.2, 0.25) is 0 Å². The maximum atomic E-state index is 10.0. The van der Waals surface area contributed by atoms with Crippen LogP contribution in [-0.4, -0.2) is 25.0 Å². The summed E-state index contributed by atoms with van der Waals surface area (Å²) in [7, 11) is 0. The number of aliphatic hydroxyl groups excluding tert-OH is 1. The lowest BCUT2D eigenvalue weighted by atomic mass is 10.0. The van der Waals surface area contributed by atoms with E-state index in [0.717, 1.165) is 44.7 Å². The second-order valence-electron chi connectivity index (χ2n) is 8.27. The Kier molecular flexibility index (Phi) is 5.97. The highest BCUT2D eigenvalue weighted by Crippen LogP contribution is 2.35. The second-order valence-corrected chi connectivity index (χ2v) is 8.27. The number of hydrogen-bond donors (Lipinski definition) is 2. The highest BCUT2D eigenvalue weighted by molar-refractivity contribution is 6.02. The summed E-state index contributed by atoms with van der Waals surface area (Å²) in [5.41, 5.74) is 5.36. The van der Waals surface area contributed by atoms with Crippen molar-refractivity contribution in [1.29, 1.82) is 0 Å². The monoisotopic (exact) mass is 447 g/mol. The molecule has 0 fully saturated rings. The summed E-state index contributed by atoms with van der Waals surface area (Å²) in [6.45, 7) is 3.78. The fraction of sp³-hybridized carbons (Fsp3) is 0.143. The summed E-state index contributed by atoms with van der Waals surface area (Å²) in [6.07, 6.45) is 4.55. The van der Waals surface area contributed by atoms with Crippen LogP contribution < -0.4 is 5.32 Å². The molecule has 34 heavy (non-hydrogen) atoms. The van der Waals surface area contributed by atoms with Gasteiger partial charge in [0.2, 0.25) is 0 Å². The van der Waals surface area contributed by atoms with Crippen molar-refractivity contribution < 1.29 is 5.11 Å². The van der Waals surface area contributed by atoms with Crippen molar-refractivity contribution in [2.24, 2.45) is 0 Å². The largest absolute Gasteiger partial charge is 0.389 e. The van der Waals surface area contributed by atoms with Crippen molar-refractivity contribution in [3.8, 4) is 22.5 Å². The molecule has 5 aromatic rings. The number of pyridine rings is 2. The van der Waals surface area contributed by atoms with Gasteiger partial charge in [-0.2, -0.15) is 0 Å². The average Bonchev–Trinajstić information content (AvgIpc) is 2.89. The van der Waals surface area contributed by atoms with Crippen LogP contribution in [0.3, 0.4) is 0 Å². The molecular weight excluding hydrogens is 422 g/mol. The van der Waals surface area contributed by atoms with Crippen LogP contribution in [0.4, 0.5) is 5.82 Å². The number of hydrogen-bond acceptors (Lipinski definition) is 6. The fourth-order valence-corrected chi connectivity index (χ4v) is 3.99. The molecule has 3 aromatic heterocycles. The van der Waals surface area contributed by atoms with Crippen LogP contribution >= 0.6 is 0 Å². The van der Waals surface area contributed by atoms with Crippen molar-refractivity contribution in [3.63, 3.8) is 0 Å². The summed E-state index contributed by atoms with van der Waals surface area (Å²) in [5.74, 6) is 1.27. The molecule has 0 saturated heterocycles. The molecule has 0 radical (unpaired) electrons. The molecule has 0 saturated carbocycles. The Morgan fingerprint density at radius 1 is 0.824 bits per heavy atom. The Morgan fingerprint density at radius 3 is 2.41 bits per heavy atom. The van der Waals surface area contributed by atoms with E-state index in [4.69, 9.17) is 9.97 Å². The molecule has 0 amide bonds. The minimum Gasteiger partial charge on any atom is -0.389 e. The highest BCUT2D eigenvalue weighted by atomic mass is 16.3. The molecule has 2 atom stereocenters. The van der Waals surface area contributed by atoms with Crippen molar-refractivity contribution in [3.05, 3.63) is 103 Å². The SMILES string of the molecule is CC(O)c1cncc(-c2nc(NC(C)c3ccccn3)c3c(-c4ccccc4)cccc3n2)c1. The van der Waals surface area contributed by atoms with E-state index in [0.29, 0.717) is 5.82 Å². The van der Waals surface area contributed by atoms with Gasteiger partial charge in [0.15, 0.2) is 5.82 Å². The molecule has 6 nitrogen and oxygen atoms in total. The molecular formula is C28H25N5O. The zero-order chi connectivity index (χ0) is 23.5. The molecule has 5 rings (SSSR count). The first kappa shape index (κ1) is 21.7. The number of nitrogens with one attached hydrogen (secondary N) is 1. The third-order valence-corrected chi connectivity index (χ3v) is 5.79. The lowest BCUT2D eigenvalue weighted by molar-refractivity contribution is 0.199. The zero-order valence-corrected chi connectivity index (χ0v) is 19.1. The number of anilines is 1. The van der Waals surface area contributed by atoms with E-state index in [1.165, 1.54) is 0 Å². The maximum absolute atomic E-state index is 10.0. The lowest BCUT2D eigenvalue weighted by Gasteiger charge is -2.18. The van der Waals surface area contributed by atoms with E-state index in [9.17, 15) is 5.11 Å². The first-order valence-electron chi connectivity index (χ1n) is 11.3. The van der Waals surface area contributed by atoms with Crippen LogP contribution in [0, 0.1) is 0 Å². The van der Waals surface area contributed by atoms with Gasteiger partial charge in [-0.05, 0) is 54.8 Å². The summed E-state index contributed by atoms with van der Waals surface area (Å²) in [5, 5.41) is 14.5. The predicted octanol–water partition coefficient (Wildman–Crippen LogP) is 5.98. The van der Waals surface area contributed by atoms with E-state index < -0.39 is 6.10 Å². The third kappa shape index (κ3) is 4.36. The standard InChI is InChI=1S/C28H25N5O/c1-18(24-12-6-7-14-30-24)31-28-26-23(20-9-4-3-5-10-20)11-8-13-25(26)32-27(33-28)22-15-21(19(2)34)16-29-17-22/h3-19,34H,1-2H3,(H,31,32,33). The number of fused-ring (bicyclic) bond motifs is 1. The van der Waals surface area contributed by atoms with Gasteiger partial charge < -0.3 is 10.4 Å². The third-order valence-electron chi connectivity index (χ3n) is 5.79. The van der Waals surface area contributed by atoms with E-state index >= 15 is 0 Å². The molecule has 2 aromatic carbocycles. The first-order valence-corrected chi connectivity index (χ1v) is 11.3. The van der Waals surface area contributed by atoms with E-state index in [1.807, 2.05) is 54.6 Å². The van der Waals surface area contributed by atoms with Gasteiger partial charge in [-0.15, -0.1) is 0 Å². The number of rotatable bonds is 6. The minimum absolute atomic E-state index is 0.0714. The number of aromatic nitrogens is 4. The molecule has 0 spiro atoms. The van der Waals surface area contributed by atoms with Gasteiger partial charge in [0.05, 0.1) is 28.7 Å². The maximum Gasteiger partial charge on any atom is 0.163 e. The zero-order valence-electron chi connectivity index (χ0n) is 19.1. The molecule has 2 N–H and O–H groups in total. The van der Waals surface area contributed by atoms with Crippen LogP contribution in [0.25, 0.3) is 33.4 Å². The average molecular weight is 448 g/mol. The van der Waals surface area contributed by atoms with Gasteiger partial charge in [-0.3, -0.25) is 9.97 Å². The molecule has 3 heterocycles. The minimum atomic E-state index is -0.626. The Bertz CT molecular complexity index is 1420. The van der Waals surface area contributed by atoms with Crippen LogP contribution in [0.5, 0.6) is 0 Å². The van der Waals surface area contributed by atoms with Crippen LogP contribution in [0.15, 0.2) is 91.4 Å². The molecule has 2 unspecified atom stereocenters. The Labute approximate surface area is 198 Å². The van der Waals surface area contributed by atoms with Gasteiger partial charge >= 0.3 is 0 Å². The van der Waals surface area contributed by atoms with Gasteiger partial charge in [-0.25, -0.2) is 9.97 Å². The highest BCUT2D eigenvalue weighted by Gasteiger charge is 2.17. The first-order chi connectivity index (χ1) is 16.6. The van der Waals surface area contributed by atoms with Gasteiger partial charge in [0, 0.05) is 24.2 Å². The van der Waals surface area contributed by atoms with Crippen LogP contribution in [-0.2, 0) is 0 Å². The van der Waals surface area contributed by atoms with Crippen molar-refractivity contribution in [2.45, 2.75) is 26.0 Å². The second kappa shape index (κ2) is 9.37. The molecule has 6 heteroatoms. The normalized spacial score (nSPS) is 12.9.